The lowest BCUT2D eigenvalue weighted by Gasteiger charge is -2.26. The van der Waals surface area contributed by atoms with Crippen LogP contribution >= 0.6 is 0 Å². The van der Waals surface area contributed by atoms with Crippen molar-refractivity contribution in [1.82, 2.24) is 10.3 Å². The minimum Gasteiger partial charge on any atom is -0.380 e. The van der Waals surface area contributed by atoms with E-state index in [9.17, 15) is 0 Å². The quantitative estimate of drug-likeness (QED) is 0.360. The lowest BCUT2D eigenvalue weighted by Crippen LogP contribution is -2.32. The summed E-state index contributed by atoms with van der Waals surface area (Å²) in [5.41, 5.74) is 4.39. The van der Waals surface area contributed by atoms with Crippen LogP contribution in [-0.4, -0.2) is 24.1 Å². The molecule has 2 heterocycles. The molecular formula is C29H41N5. The van der Waals surface area contributed by atoms with Crippen LogP contribution in [0, 0.1) is 11.3 Å². The average Bonchev–Trinajstić information content (AvgIpc) is 2.88. The van der Waals surface area contributed by atoms with Crippen LogP contribution in [0.2, 0.25) is 0 Å². The van der Waals surface area contributed by atoms with E-state index in [1.165, 1.54) is 17.5 Å². The van der Waals surface area contributed by atoms with Crippen LogP contribution in [0.3, 0.4) is 0 Å². The Balaban J connectivity index is 0.000000313. The maximum absolute atomic E-state index is 8.71. The maximum Gasteiger partial charge on any atom is 0.149 e. The van der Waals surface area contributed by atoms with E-state index in [1.807, 2.05) is 48.7 Å². The van der Waals surface area contributed by atoms with E-state index in [0.717, 1.165) is 49.5 Å². The second-order valence-corrected chi connectivity index (χ2v) is 7.96. The summed E-state index contributed by atoms with van der Waals surface area (Å²) in [6.07, 6.45) is 5.17. The molecule has 0 fully saturated rings. The van der Waals surface area contributed by atoms with Gasteiger partial charge in [0.1, 0.15) is 5.82 Å². The van der Waals surface area contributed by atoms with Gasteiger partial charge in [-0.25, -0.2) is 4.98 Å². The Morgan fingerprint density at radius 3 is 2.32 bits per heavy atom. The third kappa shape index (κ3) is 10.5. The van der Waals surface area contributed by atoms with Gasteiger partial charge in [-0.3, -0.25) is 0 Å². The highest BCUT2D eigenvalue weighted by Crippen LogP contribution is 2.22. The van der Waals surface area contributed by atoms with Gasteiger partial charge in [-0.1, -0.05) is 77.1 Å². The van der Waals surface area contributed by atoms with Gasteiger partial charge in [0.25, 0.3) is 0 Å². The molecule has 1 unspecified atom stereocenters. The number of nitrogens with one attached hydrogen (secondary N) is 3. The molecule has 0 saturated heterocycles. The fraction of sp³-hybridized carbons (Fsp3) is 0.379. The number of nitriles is 1. The first-order chi connectivity index (χ1) is 16.2. The molecule has 0 amide bonds. The van der Waals surface area contributed by atoms with Gasteiger partial charge in [0, 0.05) is 25.3 Å². The first kappa shape index (κ1) is 28.7. The van der Waals surface area contributed by atoms with Crippen molar-refractivity contribution in [3.8, 4) is 6.07 Å². The lowest BCUT2D eigenvalue weighted by molar-refractivity contribution is 0.687. The average molecular weight is 460 g/mol. The monoisotopic (exact) mass is 459 g/mol. The molecule has 4 rings (SSSR count). The summed E-state index contributed by atoms with van der Waals surface area (Å²) in [5, 5.41) is 18.8. The van der Waals surface area contributed by atoms with Gasteiger partial charge in [-0.15, -0.1) is 0 Å². The molecule has 182 valence electrons. The van der Waals surface area contributed by atoms with E-state index in [2.05, 4.69) is 72.0 Å². The number of fused-ring (bicyclic) bond motifs is 1. The number of aromatic nitrogens is 1. The van der Waals surface area contributed by atoms with Gasteiger partial charge in [0.05, 0.1) is 17.3 Å². The number of hydrogen-bond donors (Lipinski definition) is 3. The first-order valence-corrected chi connectivity index (χ1v) is 11.9. The molecule has 1 aliphatic rings. The van der Waals surface area contributed by atoms with Gasteiger partial charge in [0.2, 0.25) is 0 Å². The summed E-state index contributed by atoms with van der Waals surface area (Å²) < 4.78 is 0. The predicted molar refractivity (Wildman–Crippen MR) is 146 cm³/mol. The fourth-order valence-corrected chi connectivity index (χ4v) is 3.19. The zero-order valence-electron chi connectivity index (χ0n) is 20.1. The standard InChI is InChI=1S/C16H16N2.C9H13N3.C3H8.CH4/c17-12-15-8-6-14(7-9-15)10-11-18-13-16-4-2-1-3-5-16;1-2-7-6-11-8-4-3-5-10-9(8)12-7;1-3-2;/h1-9,18H,10-11,13H2;3-5,7,11H,2,6H2,1H3,(H,10,12);3H2,1-2H3;1H4. The van der Waals surface area contributed by atoms with Crippen LogP contribution in [0.4, 0.5) is 11.5 Å². The summed E-state index contributed by atoms with van der Waals surface area (Å²) >= 11 is 0. The van der Waals surface area contributed by atoms with E-state index in [0.29, 0.717) is 6.04 Å². The largest absolute Gasteiger partial charge is 0.380 e. The van der Waals surface area contributed by atoms with Gasteiger partial charge in [-0.05, 0) is 54.8 Å². The molecule has 5 heteroatoms. The first-order valence-electron chi connectivity index (χ1n) is 11.9. The number of pyridine rings is 1. The Morgan fingerprint density at radius 1 is 0.971 bits per heavy atom. The molecule has 0 aliphatic carbocycles. The molecule has 34 heavy (non-hydrogen) atoms. The second kappa shape index (κ2) is 17.2. The van der Waals surface area contributed by atoms with E-state index in [1.54, 1.807) is 0 Å². The molecule has 3 aromatic rings. The van der Waals surface area contributed by atoms with Crippen molar-refractivity contribution in [2.45, 2.75) is 60.0 Å². The minimum absolute atomic E-state index is 0. The molecule has 0 bridgehead atoms. The zero-order valence-corrected chi connectivity index (χ0v) is 20.1. The molecule has 0 radical (unpaired) electrons. The van der Waals surface area contributed by atoms with Crippen LogP contribution in [0.1, 0.15) is 57.7 Å². The molecule has 5 nitrogen and oxygen atoms in total. The third-order valence-corrected chi connectivity index (χ3v) is 5.03. The third-order valence-electron chi connectivity index (χ3n) is 5.03. The number of anilines is 2. The van der Waals surface area contributed by atoms with Crippen LogP contribution in [0.5, 0.6) is 0 Å². The van der Waals surface area contributed by atoms with Gasteiger partial charge < -0.3 is 16.0 Å². The van der Waals surface area contributed by atoms with E-state index in [-0.39, 0.29) is 7.43 Å². The highest BCUT2D eigenvalue weighted by atomic mass is 15.1. The van der Waals surface area contributed by atoms with Gasteiger partial charge in [-0.2, -0.15) is 5.26 Å². The van der Waals surface area contributed by atoms with Crippen LogP contribution in [0.15, 0.2) is 72.9 Å². The molecule has 3 N–H and O–H groups in total. The topological polar surface area (TPSA) is 72.8 Å². The fourth-order valence-electron chi connectivity index (χ4n) is 3.19. The summed E-state index contributed by atoms with van der Waals surface area (Å²) in [6.45, 7) is 9.26. The van der Waals surface area contributed by atoms with Crippen molar-refractivity contribution in [3.05, 3.63) is 89.6 Å². The van der Waals surface area contributed by atoms with E-state index < -0.39 is 0 Å². The zero-order chi connectivity index (χ0) is 23.7. The van der Waals surface area contributed by atoms with Crippen molar-refractivity contribution in [2.75, 3.05) is 23.7 Å². The molecule has 2 aromatic carbocycles. The lowest BCUT2D eigenvalue weighted by atomic mass is 10.1. The molecule has 1 atom stereocenters. The normalized spacial score (nSPS) is 13.1. The molecular weight excluding hydrogens is 418 g/mol. The summed E-state index contributed by atoms with van der Waals surface area (Å²) in [5.74, 6) is 0.982. The summed E-state index contributed by atoms with van der Waals surface area (Å²) in [7, 11) is 0. The van der Waals surface area contributed by atoms with Crippen LogP contribution < -0.4 is 16.0 Å². The predicted octanol–water partition coefficient (Wildman–Crippen LogP) is 6.64. The highest BCUT2D eigenvalue weighted by molar-refractivity contribution is 5.66. The number of rotatable bonds is 6. The Labute approximate surface area is 206 Å². The second-order valence-electron chi connectivity index (χ2n) is 7.96. The van der Waals surface area contributed by atoms with Crippen LogP contribution in [-0.2, 0) is 13.0 Å². The van der Waals surface area contributed by atoms with Crippen molar-refractivity contribution in [2.24, 2.45) is 0 Å². The van der Waals surface area contributed by atoms with Crippen molar-refractivity contribution in [3.63, 3.8) is 0 Å². The Bertz CT molecular complexity index is 948. The van der Waals surface area contributed by atoms with Crippen LogP contribution in [0.25, 0.3) is 0 Å². The van der Waals surface area contributed by atoms with Gasteiger partial charge in [0.15, 0.2) is 0 Å². The Kier molecular flexibility index (Phi) is 14.5. The minimum atomic E-state index is 0. The summed E-state index contributed by atoms with van der Waals surface area (Å²) in [6, 6.07) is 24.8. The van der Waals surface area contributed by atoms with Crippen molar-refractivity contribution < 1.29 is 0 Å². The van der Waals surface area contributed by atoms with E-state index >= 15 is 0 Å². The van der Waals surface area contributed by atoms with E-state index in [4.69, 9.17) is 5.26 Å². The number of nitrogens with zero attached hydrogens (tertiary/aromatic N) is 2. The molecule has 0 saturated carbocycles. The smallest absolute Gasteiger partial charge is 0.149 e. The maximum atomic E-state index is 8.71. The summed E-state index contributed by atoms with van der Waals surface area (Å²) in [4.78, 5) is 4.24. The van der Waals surface area contributed by atoms with Crippen molar-refractivity contribution >= 4 is 11.5 Å². The van der Waals surface area contributed by atoms with Gasteiger partial charge >= 0.3 is 0 Å². The highest BCUT2D eigenvalue weighted by Gasteiger charge is 2.14. The molecule has 0 spiro atoms. The Morgan fingerprint density at radius 2 is 1.68 bits per heavy atom. The SMILES string of the molecule is C.CCC.CCC1CNc2cccnc2N1.N#Cc1ccc(CCNCc2ccccc2)cc1. The Hall–Kier alpha value is -3.36. The molecule has 1 aliphatic heterocycles. The molecule has 1 aromatic heterocycles. The number of hydrogen-bond acceptors (Lipinski definition) is 5. The van der Waals surface area contributed by atoms with Crippen molar-refractivity contribution in [1.29, 1.82) is 5.26 Å². The number of benzene rings is 2.